The minimum atomic E-state index is 0.179. The summed E-state index contributed by atoms with van der Waals surface area (Å²) in [6, 6.07) is 0. The molecule has 0 atom stereocenters. The van der Waals surface area contributed by atoms with Crippen LogP contribution in [0, 0.1) is 0 Å². The van der Waals surface area contributed by atoms with E-state index in [1.54, 1.807) is 0 Å². The normalized spacial score (nSPS) is 13.0. The minimum Gasteiger partial charge on any atom is -0.481 e. The van der Waals surface area contributed by atoms with Crippen LogP contribution < -0.4 is 5.73 Å². The van der Waals surface area contributed by atoms with Gasteiger partial charge in [-0.1, -0.05) is 11.6 Å². The quantitative estimate of drug-likeness (QED) is 0.292. The Morgan fingerprint density at radius 3 is 2.60 bits per heavy atom. The summed E-state index contributed by atoms with van der Waals surface area (Å²) in [5, 5.41) is 0.179. The van der Waals surface area contributed by atoms with Crippen molar-refractivity contribution in [1.29, 1.82) is 0 Å². The summed E-state index contributed by atoms with van der Waals surface area (Å²) in [7, 11) is 1.48. The Bertz CT molecular complexity index is 171. The predicted octanol–water partition coefficient (Wildman–Crippen LogP) is 1.21. The highest BCUT2D eigenvalue weighted by atomic mass is 35.5. The van der Waals surface area contributed by atoms with Crippen molar-refractivity contribution in [2.45, 2.75) is 0 Å². The Morgan fingerprint density at radius 1 is 1.70 bits per heavy atom. The minimum absolute atomic E-state index is 0.179. The molecule has 0 radical (unpaired) electrons. The third-order valence-corrected chi connectivity index (χ3v) is 0.876. The second kappa shape index (κ2) is 4.88. The summed E-state index contributed by atoms with van der Waals surface area (Å²) in [6.45, 7) is 3.25. The van der Waals surface area contributed by atoms with E-state index in [1.807, 2.05) is 0 Å². The number of nitrogens with zero attached hydrogens (tertiary/aromatic N) is 1. The molecule has 0 heterocycles. The van der Waals surface area contributed by atoms with Gasteiger partial charge in [-0.3, -0.25) is 0 Å². The second-order valence-corrected chi connectivity index (χ2v) is 1.86. The molecule has 0 aliphatic rings. The third-order valence-electron chi connectivity index (χ3n) is 0.750. The molecule has 2 N–H and O–H groups in total. The first-order chi connectivity index (χ1) is 4.70. The molecule has 0 amide bonds. The molecule has 0 saturated heterocycles. The van der Waals surface area contributed by atoms with Gasteiger partial charge >= 0.3 is 0 Å². The van der Waals surface area contributed by atoms with Gasteiger partial charge in [-0.05, 0) is 12.8 Å². The van der Waals surface area contributed by atoms with Gasteiger partial charge in [0, 0.05) is 6.08 Å². The van der Waals surface area contributed by atoms with E-state index >= 15 is 0 Å². The molecule has 4 heteroatoms. The number of nitrogens with two attached hydrogens (primary N) is 1. The standard InChI is InChI=1S/C6H9ClN2O/c1-9-6(10-2)4-3-5(7)8/h3-4H,1,8H2,2H3/b5-3-,6-4+. The van der Waals surface area contributed by atoms with Gasteiger partial charge in [0.15, 0.2) is 0 Å². The van der Waals surface area contributed by atoms with Crippen LogP contribution in [0.1, 0.15) is 0 Å². The van der Waals surface area contributed by atoms with E-state index in [-0.39, 0.29) is 5.16 Å². The van der Waals surface area contributed by atoms with Crippen LogP contribution in [0.2, 0.25) is 0 Å². The summed E-state index contributed by atoms with van der Waals surface area (Å²) in [5.41, 5.74) is 5.11. The fourth-order valence-corrected chi connectivity index (χ4v) is 0.399. The van der Waals surface area contributed by atoms with Gasteiger partial charge in [0.1, 0.15) is 0 Å². The number of methoxy groups -OCH3 is 1. The molecular formula is C6H9ClN2O. The largest absolute Gasteiger partial charge is 0.481 e. The van der Waals surface area contributed by atoms with Crippen LogP contribution in [0.5, 0.6) is 0 Å². The van der Waals surface area contributed by atoms with Crippen molar-refractivity contribution in [2.24, 2.45) is 10.7 Å². The van der Waals surface area contributed by atoms with Gasteiger partial charge in [0.2, 0.25) is 5.88 Å². The van der Waals surface area contributed by atoms with E-state index in [2.05, 4.69) is 11.7 Å². The van der Waals surface area contributed by atoms with Crippen molar-refractivity contribution in [1.82, 2.24) is 0 Å². The molecule has 0 fully saturated rings. The number of ether oxygens (including phenoxy) is 1. The lowest BCUT2D eigenvalue weighted by atomic mass is 10.5. The summed E-state index contributed by atoms with van der Waals surface area (Å²) >= 11 is 5.31. The molecule has 0 bridgehead atoms. The van der Waals surface area contributed by atoms with Crippen molar-refractivity contribution in [3.8, 4) is 0 Å². The Hall–Kier alpha value is -0.960. The van der Waals surface area contributed by atoms with Crippen LogP contribution in [0.25, 0.3) is 0 Å². The van der Waals surface area contributed by atoms with E-state index < -0.39 is 0 Å². The van der Waals surface area contributed by atoms with Crippen LogP contribution in [0.4, 0.5) is 0 Å². The van der Waals surface area contributed by atoms with Gasteiger partial charge in [-0.25, -0.2) is 4.99 Å². The lowest BCUT2D eigenvalue weighted by Crippen LogP contribution is -1.86. The number of hydrogen-bond acceptors (Lipinski definition) is 3. The smallest absolute Gasteiger partial charge is 0.212 e. The molecule has 0 aromatic rings. The fourth-order valence-electron chi connectivity index (χ4n) is 0.336. The summed E-state index contributed by atoms with van der Waals surface area (Å²) < 4.78 is 4.72. The molecule has 0 spiro atoms. The maximum atomic E-state index is 5.31. The van der Waals surface area contributed by atoms with Gasteiger partial charge in [0.05, 0.1) is 12.3 Å². The number of halogens is 1. The van der Waals surface area contributed by atoms with Crippen LogP contribution in [-0.2, 0) is 4.74 Å². The zero-order valence-corrected chi connectivity index (χ0v) is 6.43. The highest BCUT2D eigenvalue weighted by molar-refractivity contribution is 6.29. The fraction of sp³-hybridized carbons (Fsp3) is 0.167. The first-order valence-electron chi connectivity index (χ1n) is 2.54. The monoisotopic (exact) mass is 160 g/mol. The summed E-state index contributed by atoms with van der Waals surface area (Å²) in [4.78, 5) is 3.51. The van der Waals surface area contributed by atoms with Gasteiger partial charge in [0.25, 0.3) is 0 Å². The van der Waals surface area contributed by atoms with Crippen LogP contribution in [0.3, 0.4) is 0 Å². The molecule has 0 rings (SSSR count). The van der Waals surface area contributed by atoms with E-state index in [4.69, 9.17) is 22.1 Å². The predicted molar refractivity (Wildman–Crippen MR) is 42.8 cm³/mol. The Labute approximate surface area is 64.8 Å². The topological polar surface area (TPSA) is 47.6 Å². The Morgan fingerprint density at radius 2 is 2.30 bits per heavy atom. The van der Waals surface area contributed by atoms with Gasteiger partial charge in [-0.2, -0.15) is 0 Å². The van der Waals surface area contributed by atoms with Crippen LogP contribution >= 0.6 is 11.6 Å². The van der Waals surface area contributed by atoms with Crippen molar-refractivity contribution in [3.63, 3.8) is 0 Å². The number of aliphatic imine (C=N–C) groups is 1. The molecule has 0 unspecified atom stereocenters. The summed E-state index contributed by atoms with van der Waals surface area (Å²) in [5.74, 6) is 0.378. The van der Waals surface area contributed by atoms with Crippen molar-refractivity contribution >= 4 is 18.3 Å². The molecule has 0 aliphatic carbocycles. The Kier molecular flexibility index (Phi) is 4.41. The average molecular weight is 161 g/mol. The molecule has 56 valence electrons. The number of rotatable bonds is 3. The number of hydrogen-bond donors (Lipinski definition) is 1. The highest BCUT2D eigenvalue weighted by Crippen LogP contribution is 1.98. The lowest BCUT2D eigenvalue weighted by molar-refractivity contribution is 0.289. The highest BCUT2D eigenvalue weighted by Gasteiger charge is 1.84. The van der Waals surface area contributed by atoms with Crippen LogP contribution in [0.15, 0.2) is 28.2 Å². The Balaban J connectivity index is 4.12. The first-order valence-corrected chi connectivity index (χ1v) is 2.92. The second-order valence-electron chi connectivity index (χ2n) is 1.42. The lowest BCUT2D eigenvalue weighted by Gasteiger charge is -1.94. The maximum Gasteiger partial charge on any atom is 0.212 e. The van der Waals surface area contributed by atoms with Gasteiger partial charge < -0.3 is 10.5 Å². The summed E-state index contributed by atoms with van der Waals surface area (Å²) in [6.07, 6.45) is 2.99. The van der Waals surface area contributed by atoms with E-state index in [1.165, 1.54) is 19.3 Å². The molecule has 3 nitrogen and oxygen atoms in total. The van der Waals surface area contributed by atoms with Crippen molar-refractivity contribution in [3.05, 3.63) is 23.2 Å². The van der Waals surface area contributed by atoms with Crippen molar-refractivity contribution < 1.29 is 4.74 Å². The molecular weight excluding hydrogens is 152 g/mol. The SMILES string of the molecule is C=N/C(=C\C=C(/N)Cl)OC. The first kappa shape index (κ1) is 9.04. The molecule has 0 saturated carbocycles. The van der Waals surface area contributed by atoms with Crippen LogP contribution in [-0.4, -0.2) is 13.8 Å². The van der Waals surface area contributed by atoms with Crippen molar-refractivity contribution in [2.75, 3.05) is 7.11 Å². The molecule has 10 heavy (non-hydrogen) atoms. The van der Waals surface area contributed by atoms with E-state index in [0.29, 0.717) is 5.88 Å². The zero-order valence-electron chi connectivity index (χ0n) is 5.67. The van der Waals surface area contributed by atoms with Gasteiger partial charge in [-0.15, -0.1) is 0 Å². The zero-order chi connectivity index (χ0) is 7.98. The number of allylic oxidation sites excluding steroid dienone is 2. The average Bonchev–Trinajstić information content (AvgIpc) is 1.90. The van der Waals surface area contributed by atoms with E-state index in [0.717, 1.165) is 0 Å². The molecule has 0 aromatic carbocycles. The van der Waals surface area contributed by atoms with E-state index in [9.17, 15) is 0 Å². The molecule has 0 aliphatic heterocycles. The molecule has 0 aromatic heterocycles. The third kappa shape index (κ3) is 3.97. The maximum absolute atomic E-state index is 5.31.